The van der Waals surface area contributed by atoms with Crippen LogP contribution in [0.5, 0.6) is 0 Å². The van der Waals surface area contributed by atoms with E-state index in [1.165, 1.54) is 10.2 Å². The van der Waals surface area contributed by atoms with Crippen LogP contribution in [0.3, 0.4) is 0 Å². The van der Waals surface area contributed by atoms with Gasteiger partial charge in [-0.1, -0.05) is 22.9 Å². The molecule has 17 heavy (non-hydrogen) atoms. The zero-order valence-corrected chi connectivity index (χ0v) is 9.08. The van der Waals surface area contributed by atoms with Gasteiger partial charge in [-0.2, -0.15) is 4.68 Å². The molecule has 1 aromatic heterocycles. The maximum Gasteiger partial charge on any atom is 0.299 e. The van der Waals surface area contributed by atoms with Crippen LogP contribution >= 0.6 is 0 Å². The van der Waals surface area contributed by atoms with Crippen LogP contribution in [0, 0.1) is 6.92 Å². The van der Waals surface area contributed by atoms with Crippen LogP contribution in [-0.2, 0) is 0 Å². The minimum atomic E-state index is -0.791. The molecule has 88 valence electrons. The Morgan fingerprint density at radius 2 is 2.06 bits per heavy atom. The molecule has 0 aliphatic rings. The highest BCUT2D eigenvalue weighted by Gasteiger charge is 2.17. The van der Waals surface area contributed by atoms with Crippen molar-refractivity contribution in [3.63, 3.8) is 0 Å². The number of nitrogens with two attached hydrogens (primary N) is 1. The molecule has 0 radical (unpaired) electrons. The Bertz CT molecular complexity index is 546. The largest absolute Gasteiger partial charge is 0.382 e. The Morgan fingerprint density at radius 1 is 1.41 bits per heavy atom. The maximum absolute atomic E-state index is 11.2. The molecule has 0 spiro atoms. The normalized spacial score (nSPS) is 10.2. The summed E-state index contributed by atoms with van der Waals surface area (Å²) in [5.74, 6) is -0.721. The standard InChI is InChI=1S/C10H11N5O2/c1-6-2-4-7(5-3-6)15-9(11)8(12-14-15)10(16)13-17/h2-5,17H,11H2,1H3,(H,13,16). The van der Waals surface area contributed by atoms with E-state index >= 15 is 0 Å². The van der Waals surface area contributed by atoms with Crippen molar-refractivity contribution in [2.75, 3.05) is 5.73 Å². The first-order valence-electron chi connectivity index (χ1n) is 4.86. The number of rotatable bonds is 2. The number of hydroxylamine groups is 1. The maximum atomic E-state index is 11.2. The number of nitrogen functional groups attached to an aromatic ring is 1. The van der Waals surface area contributed by atoms with Crippen LogP contribution in [0.25, 0.3) is 5.69 Å². The number of aromatic nitrogens is 3. The molecule has 0 unspecified atom stereocenters. The van der Waals surface area contributed by atoms with Crippen molar-refractivity contribution in [1.29, 1.82) is 0 Å². The highest BCUT2D eigenvalue weighted by Crippen LogP contribution is 2.15. The smallest absolute Gasteiger partial charge is 0.299 e. The van der Waals surface area contributed by atoms with Crippen LogP contribution in [0.4, 0.5) is 5.82 Å². The molecular formula is C10H11N5O2. The van der Waals surface area contributed by atoms with Crippen molar-refractivity contribution in [2.24, 2.45) is 0 Å². The van der Waals surface area contributed by atoms with E-state index in [0.29, 0.717) is 5.69 Å². The Kier molecular flexibility index (Phi) is 2.75. The average molecular weight is 233 g/mol. The second kappa shape index (κ2) is 4.22. The van der Waals surface area contributed by atoms with Crippen molar-refractivity contribution < 1.29 is 10.0 Å². The van der Waals surface area contributed by atoms with Crippen LogP contribution in [0.15, 0.2) is 24.3 Å². The third-order valence-corrected chi connectivity index (χ3v) is 2.30. The second-order valence-electron chi connectivity index (χ2n) is 3.51. The van der Waals surface area contributed by atoms with Crippen molar-refractivity contribution in [3.05, 3.63) is 35.5 Å². The fraction of sp³-hybridized carbons (Fsp3) is 0.100. The number of amides is 1. The highest BCUT2D eigenvalue weighted by atomic mass is 16.5. The lowest BCUT2D eigenvalue weighted by molar-refractivity contribution is 0.0701. The number of nitrogens with zero attached hydrogens (tertiary/aromatic N) is 3. The van der Waals surface area contributed by atoms with Crippen LogP contribution in [0.1, 0.15) is 16.1 Å². The molecular weight excluding hydrogens is 222 g/mol. The van der Waals surface area contributed by atoms with Gasteiger partial charge in [-0.3, -0.25) is 10.0 Å². The number of aryl methyl sites for hydroxylation is 1. The molecule has 1 amide bonds. The van der Waals surface area contributed by atoms with Crippen molar-refractivity contribution in [2.45, 2.75) is 6.92 Å². The van der Waals surface area contributed by atoms with Gasteiger partial charge in [0.1, 0.15) is 0 Å². The van der Waals surface area contributed by atoms with Crippen molar-refractivity contribution >= 4 is 11.7 Å². The summed E-state index contributed by atoms with van der Waals surface area (Å²) in [5, 5.41) is 15.9. The quantitative estimate of drug-likeness (QED) is 0.510. The third-order valence-electron chi connectivity index (χ3n) is 2.30. The monoisotopic (exact) mass is 233 g/mol. The van der Waals surface area contributed by atoms with Gasteiger partial charge in [0.05, 0.1) is 5.69 Å². The lowest BCUT2D eigenvalue weighted by Crippen LogP contribution is -2.20. The summed E-state index contributed by atoms with van der Waals surface area (Å²) in [4.78, 5) is 11.2. The molecule has 1 heterocycles. The molecule has 0 bridgehead atoms. The van der Waals surface area contributed by atoms with Crippen LogP contribution in [-0.4, -0.2) is 26.1 Å². The number of benzene rings is 1. The third kappa shape index (κ3) is 1.95. The molecule has 0 aliphatic carbocycles. The highest BCUT2D eigenvalue weighted by molar-refractivity contribution is 5.95. The number of carbonyl (C=O) groups excluding carboxylic acids is 1. The Hall–Kier alpha value is -2.41. The van der Waals surface area contributed by atoms with E-state index in [9.17, 15) is 4.79 Å². The summed E-state index contributed by atoms with van der Waals surface area (Å²) in [6, 6.07) is 7.40. The first kappa shape index (κ1) is 11.1. The molecule has 7 heteroatoms. The summed E-state index contributed by atoms with van der Waals surface area (Å²) in [7, 11) is 0. The van der Waals surface area contributed by atoms with Crippen LogP contribution < -0.4 is 11.2 Å². The van der Waals surface area contributed by atoms with E-state index in [0.717, 1.165) is 5.56 Å². The summed E-state index contributed by atoms with van der Waals surface area (Å²) < 4.78 is 1.32. The minimum Gasteiger partial charge on any atom is -0.382 e. The van der Waals surface area contributed by atoms with Gasteiger partial charge in [-0.25, -0.2) is 5.48 Å². The lowest BCUT2D eigenvalue weighted by atomic mass is 10.2. The topological polar surface area (TPSA) is 106 Å². The Morgan fingerprint density at radius 3 is 2.65 bits per heavy atom. The number of nitrogens with one attached hydrogen (secondary N) is 1. The number of hydrogen-bond acceptors (Lipinski definition) is 5. The zero-order chi connectivity index (χ0) is 12.4. The molecule has 0 saturated heterocycles. The molecule has 0 saturated carbocycles. The number of hydrogen-bond donors (Lipinski definition) is 3. The molecule has 2 aromatic rings. The lowest BCUT2D eigenvalue weighted by Gasteiger charge is -2.03. The summed E-state index contributed by atoms with van der Waals surface area (Å²) >= 11 is 0. The molecule has 4 N–H and O–H groups in total. The summed E-state index contributed by atoms with van der Waals surface area (Å²) in [6.45, 7) is 1.96. The van der Waals surface area contributed by atoms with Gasteiger partial charge < -0.3 is 5.73 Å². The van der Waals surface area contributed by atoms with Gasteiger partial charge in [0, 0.05) is 0 Å². The average Bonchev–Trinajstić information content (AvgIpc) is 2.71. The molecule has 1 aromatic carbocycles. The van der Waals surface area contributed by atoms with E-state index in [-0.39, 0.29) is 11.5 Å². The van der Waals surface area contributed by atoms with Gasteiger partial charge in [-0.15, -0.1) is 5.10 Å². The number of carbonyl (C=O) groups is 1. The second-order valence-corrected chi connectivity index (χ2v) is 3.51. The molecule has 0 aliphatic heterocycles. The predicted octanol–water partition coefficient (Wildman–Crippen LogP) is 0.277. The number of anilines is 1. The fourth-order valence-electron chi connectivity index (χ4n) is 1.38. The van der Waals surface area contributed by atoms with Gasteiger partial charge >= 0.3 is 0 Å². The van der Waals surface area contributed by atoms with Gasteiger partial charge in [0.15, 0.2) is 11.5 Å². The summed E-state index contributed by atoms with van der Waals surface area (Å²) in [5.41, 5.74) is 8.85. The predicted molar refractivity (Wildman–Crippen MR) is 59.8 cm³/mol. The fourth-order valence-corrected chi connectivity index (χ4v) is 1.38. The van der Waals surface area contributed by atoms with E-state index in [4.69, 9.17) is 10.9 Å². The molecule has 7 nitrogen and oxygen atoms in total. The summed E-state index contributed by atoms with van der Waals surface area (Å²) in [6.07, 6.45) is 0. The Balaban J connectivity index is 2.44. The van der Waals surface area contributed by atoms with E-state index in [1.807, 2.05) is 19.1 Å². The van der Waals surface area contributed by atoms with E-state index in [1.54, 1.807) is 12.1 Å². The van der Waals surface area contributed by atoms with Crippen molar-refractivity contribution in [3.8, 4) is 5.69 Å². The van der Waals surface area contributed by atoms with E-state index < -0.39 is 5.91 Å². The Labute approximate surface area is 96.8 Å². The molecule has 0 fully saturated rings. The van der Waals surface area contributed by atoms with E-state index in [2.05, 4.69) is 10.3 Å². The first-order valence-corrected chi connectivity index (χ1v) is 4.86. The minimum absolute atomic E-state index is 0.0698. The van der Waals surface area contributed by atoms with Gasteiger partial charge in [0.25, 0.3) is 5.91 Å². The van der Waals surface area contributed by atoms with Crippen LogP contribution in [0.2, 0.25) is 0 Å². The molecule has 2 rings (SSSR count). The SMILES string of the molecule is Cc1ccc(-n2nnc(C(=O)NO)c2N)cc1. The van der Waals surface area contributed by atoms with Crippen molar-refractivity contribution in [1.82, 2.24) is 20.5 Å². The first-order chi connectivity index (χ1) is 8.13. The molecule has 0 atom stereocenters. The van der Waals surface area contributed by atoms with Gasteiger partial charge in [0.2, 0.25) is 0 Å². The zero-order valence-electron chi connectivity index (χ0n) is 9.08. The van der Waals surface area contributed by atoms with Gasteiger partial charge in [-0.05, 0) is 19.1 Å².